The van der Waals surface area contributed by atoms with E-state index in [1.807, 2.05) is 0 Å². The highest BCUT2D eigenvalue weighted by molar-refractivity contribution is 5.65. The molecule has 1 fully saturated rings. The lowest BCUT2D eigenvalue weighted by Crippen LogP contribution is -2.03. The van der Waals surface area contributed by atoms with Crippen LogP contribution >= 0.6 is 0 Å². The SMILES string of the molecule is [O]C1(C=O)CC1. The normalized spacial score (nSPS) is 26.2. The molecule has 1 aliphatic rings. The van der Waals surface area contributed by atoms with Gasteiger partial charge in [0.25, 0.3) is 0 Å². The Kier molecular flexibility index (Phi) is 0.520. The van der Waals surface area contributed by atoms with E-state index in [-0.39, 0.29) is 0 Å². The summed E-state index contributed by atoms with van der Waals surface area (Å²) >= 11 is 0. The van der Waals surface area contributed by atoms with Gasteiger partial charge in [0.1, 0.15) is 0 Å². The summed E-state index contributed by atoms with van der Waals surface area (Å²) in [6, 6.07) is 0. The Morgan fingerprint density at radius 2 is 2.00 bits per heavy atom. The zero-order chi connectivity index (χ0) is 4.62. The summed E-state index contributed by atoms with van der Waals surface area (Å²) in [4.78, 5) is 9.58. The van der Waals surface area contributed by atoms with Crippen molar-refractivity contribution in [2.45, 2.75) is 18.4 Å². The first-order valence-electron chi connectivity index (χ1n) is 1.94. The van der Waals surface area contributed by atoms with Gasteiger partial charge in [0.2, 0.25) is 0 Å². The average molecular weight is 85.1 g/mol. The second-order valence-corrected chi connectivity index (χ2v) is 1.68. The molecule has 1 radical (unpaired) electrons. The van der Waals surface area contributed by atoms with Crippen LogP contribution in [0.1, 0.15) is 12.8 Å². The minimum absolute atomic E-state index is 0.493. The fourth-order valence-electron chi connectivity index (χ4n) is 0.241. The highest BCUT2D eigenvalue weighted by Crippen LogP contribution is 2.32. The third-order valence-electron chi connectivity index (χ3n) is 0.958. The van der Waals surface area contributed by atoms with Crippen LogP contribution in [0.4, 0.5) is 0 Å². The van der Waals surface area contributed by atoms with Crippen LogP contribution in [0.3, 0.4) is 0 Å². The molecule has 1 rings (SSSR count). The van der Waals surface area contributed by atoms with Crippen molar-refractivity contribution in [3.63, 3.8) is 0 Å². The lowest BCUT2D eigenvalue weighted by Gasteiger charge is -1.80. The Morgan fingerprint density at radius 3 is 2.00 bits per heavy atom. The van der Waals surface area contributed by atoms with Crippen LogP contribution in [0.25, 0.3) is 0 Å². The third-order valence-corrected chi connectivity index (χ3v) is 0.958. The molecule has 0 amide bonds. The van der Waals surface area contributed by atoms with Gasteiger partial charge in [0, 0.05) is 0 Å². The van der Waals surface area contributed by atoms with Crippen LogP contribution in [-0.2, 0) is 9.90 Å². The van der Waals surface area contributed by atoms with Crippen molar-refractivity contribution in [3.8, 4) is 0 Å². The van der Waals surface area contributed by atoms with Gasteiger partial charge in [-0.25, -0.2) is 5.11 Å². The van der Waals surface area contributed by atoms with Gasteiger partial charge >= 0.3 is 0 Å². The minimum atomic E-state index is -1.14. The number of hydrogen-bond donors (Lipinski definition) is 0. The van der Waals surface area contributed by atoms with Gasteiger partial charge in [-0.2, -0.15) is 0 Å². The highest BCUT2D eigenvalue weighted by Gasteiger charge is 2.42. The molecule has 0 aromatic heterocycles. The Balaban J connectivity index is 2.47. The van der Waals surface area contributed by atoms with E-state index in [1.165, 1.54) is 0 Å². The molecule has 2 heteroatoms. The zero-order valence-electron chi connectivity index (χ0n) is 3.31. The van der Waals surface area contributed by atoms with Crippen LogP contribution in [0.15, 0.2) is 0 Å². The molecule has 0 saturated heterocycles. The van der Waals surface area contributed by atoms with Crippen LogP contribution in [-0.4, -0.2) is 11.9 Å². The van der Waals surface area contributed by atoms with E-state index in [4.69, 9.17) is 0 Å². The Bertz CT molecular complexity index is 73.6. The van der Waals surface area contributed by atoms with Crippen molar-refractivity contribution in [2.24, 2.45) is 0 Å². The quantitative estimate of drug-likeness (QED) is 0.417. The predicted molar refractivity (Wildman–Crippen MR) is 18.7 cm³/mol. The van der Waals surface area contributed by atoms with Gasteiger partial charge in [-0.15, -0.1) is 0 Å². The molecule has 1 aliphatic carbocycles. The highest BCUT2D eigenvalue weighted by atomic mass is 16.3. The molecule has 0 heterocycles. The van der Waals surface area contributed by atoms with Crippen molar-refractivity contribution in [1.29, 1.82) is 0 Å². The van der Waals surface area contributed by atoms with Gasteiger partial charge in [-0.1, -0.05) is 0 Å². The van der Waals surface area contributed by atoms with Crippen molar-refractivity contribution >= 4 is 6.29 Å². The largest absolute Gasteiger partial charge is 0.300 e. The smallest absolute Gasteiger partial charge is 0.159 e. The van der Waals surface area contributed by atoms with E-state index < -0.39 is 5.60 Å². The average Bonchev–Trinajstić information content (AvgIpc) is 2.22. The van der Waals surface area contributed by atoms with Gasteiger partial charge in [-0.05, 0) is 12.8 Å². The van der Waals surface area contributed by atoms with Gasteiger partial charge in [0.05, 0.1) is 0 Å². The summed E-state index contributed by atoms with van der Waals surface area (Å²) in [6.07, 6.45) is 1.60. The van der Waals surface area contributed by atoms with E-state index in [0.29, 0.717) is 19.1 Å². The molecule has 0 bridgehead atoms. The first-order valence-corrected chi connectivity index (χ1v) is 1.94. The Morgan fingerprint density at radius 1 is 1.50 bits per heavy atom. The summed E-state index contributed by atoms with van der Waals surface area (Å²) < 4.78 is 0. The molecule has 33 valence electrons. The van der Waals surface area contributed by atoms with E-state index in [9.17, 15) is 9.90 Å². The molecule has 0 aliphatic heterocycles. The number of hydrogen-bond acceptors (Lipinski definition) is 1. The number of aldehydes is 1. The minimum Gasteiger partial charge on any atom is -0.300 e. The molecular weight excluding hydrogens is 80.0 g/mol. The maximum Gasteiger partial charge on any atom is 0.159 e. The first kappa shape index (κ1) is 3.81. The van der Waals surface area contributed by atoms with E-state index >= 15 is 0 Å². The Hall–Kier alpha value is -0.370. The maximum atomic E-state index is 10.2. The van der Waals surface area contributed by atoms with E-state index in [1.54, 1.807) is 0 Å². The van der Waals surface area contributed by atoms with Crippen LogP contribution < -0.4 is 0 Å². The van der Waals surface area contributed by atoms with Crippen molar-refractivity contribution < 1.29 is 9.90 Å². The van der Waals surface area contributed by atoms with Gasteiger partial charge < -0.3 is 4.79 Å². The van der Waals surface area contributed by atoms with Crippen molar-refractivity contribution in [1.82, 2.24) is 0 Å². The fraction of sp³-hybridized carbons (Fsp3) is 0.750. The summed E-state index contributed by atoms with van der Waals surface area (Å²) in [5, 5.41) is 10.2. The van der Waals surface area contributed by atoms with Crippen molar-refractivity contribution in [2.75, 3.05) is 0 Å². The zero-order valence-corrected chi connectivity index (χ0v) is 3.31. The molecule has 0 spiro atoms. The monoisotopic (exact) mass is 85.0 g/mol. The molecule has 6 heavy (non-hydrogen) atoms. The summed E-state index contributed by atoms with van der Waals surface area (Å²) in [5.41, 5.74) is -1.14. The summed E-state index contributed by atoms with van der Waals surface area (Å²) in [7, 11) is 0. The summed E-state index contributed by atoms with van der Waals surface area (Å²) in [6.45, 7) is 0. The van der Waals surface area contributed by atoms with E-state index in [0.717, 1.165) is 0 Å². The summed E-state index contributed by atoms with van der Waals surface area (Å²) in [5.74, 6) is 0. The number of rotatable bonds is 1. The van der Waals surface area contributed by atoms with Gasteiger partial charge in [0.15, 0.2) is 11.9 Å². The second-order valence-electron chi connectivity index (χ2n) is 1.68. The lowest BCUT2D eigenvalue weighted by atomic mass is 10.4. The molecule has 1 saturated carbocycles. The molecule has 0 unspecified atom stereocenters. The Labute approximate surface area is 35.8 Å². The maximum absolute atomic E-state index is 10.2. The molecule has 0 atom stereocenters. The van der Waals surface area contributed by atoms with E-state index in [2.05, 4.69) is 0 Å². The fourth-order valence-corrected chi connectivity index (χ4v) is 0.241. The third kappa shape index (κ3) is 0.431. The first-order chi connectivity index (χ1) is 2.77. The molecule has 0 N–H and O–H groups in total. The predicted octanol–water partition coefficient (Wildman–Crippen LogP) is 0.148. The second kappa shape index (κ2) is 0.819. The number of carbonyl (C=O) groups is 1. The standard InChI is InChI=1S/C4H5O2/c5-3-4(6)1-2-4/h3H,1-2H2. The molecule has 0 aromatic carbocycles. The lowest BCUT2D eigenvalue weighted by molar-refractivity contribution is -0.120. The van der Waals surface area contributed by atoms with Crippen molar-refractivity contribution in [3.05, 3.63) is 0 Å². The van der Waals surface area contributed by atoms with Gasteiger partial charge in [-0.3, -0.25) is 0 Å². The molecule has 0 aromatic rings. The molecule has 2 nitrogen and oxygen atoms in total. The van der Waals surface area contributed by atoms with Crippen LogP contribution in [0.2, 0.25) is 0 Å². The topological polar surface area (TPSA) is 37.0 Å². The molecular formula is C4H5O2. The van der Waals surface area contributed by atoms with Crippen LogP contribution in [0, 0.1) is 0 Å². The number of carbonyl (C=O) groups excluding carboxylic acids is 1. The van der Waals surface area contributed by atoms with Crippen LogP contribution in [0.5, 0.6) is 0 Å².